The van der Waals surface area contributed by atoms with Crippen molar-refractivity contribution in [2.75, 3.05) is 12.4 Å². The summed E-state index contributed by atoms with van der Waals surface area (Å²) >= 11 is 0. The molecule has 0 saturated heterocycles. The van der Waals surface area contributed by atoms with Gasteiger partial charge in [0.15, 0.2) is 0 Å². The summed E-state index contributed by atoms with van der Waals surface area (Å²) in [5.41, 5.74) is 7.15. The van der Waals surface area contributed by atoms with Crippen LogP contribution in [0.25, 0.3) is 10.9 Å². The Morgan fingerprint density at radius 3 is 2.57 bits per heavy atom. The smallest absolute Gasteiger partial charge is 0.271 e. The van der Waals surface area contributed by atoms with Crippen molar-refractivity contribution in [3.8, 4) is 5.75 Å². The van der Waals surface area contributed by atoms with E-state index in [0.717, 1.165) is 33.5 Å². The average molecular weight is 398 g/mol. The fourth-order valence-corrected chi connectivity index (χ4v) is 3.11. The van der Waals surface area contributed by atoms with Gasteiger partial charge in [-0.1, -0.05) is 30.3 Å². The zero-order valence-corrected chi connectivity index (χ0v) is 16.6. The Morgan fingerprint density at radius 2 is 1.80 bits per heavy atom. The standard InChI is InChI=1S/C24H22N4O2/c1-30-21-12-6-17(7-13-21)14-25-20-10-8-18(9-11-20)24(29)28-27-16-19-15-26-23-5-3-2-4-22(19)23/h2-13,15-16,25-26H,14H2,1H3,(H,28,29)/b27-16-. The summed E-state index contributed by atoms with van der Waals surface area (Å²) in [6, 6.07) is 23.1. The summed E-state index contributed by atoms with van der Waals surface area (Å²) in [6.45, 7) is 0.685. The van der Waals surface area contributed by atoms with E-state index in [2.05, 4.69) is 20.8 Å². The lowest BCUT2D eigenvalue weighted by molar-refractivity contribution is 0.0955. The second-order valence-electron chi connectivity index (χ2n) is 6.77. The lowest BCUT2D eigenvalue weighted by Crippen LogP contribution is -2.17. The summed E-state index contributed by atoms with van der Waals surface area (Å²) in [6.07, 6.45) is 3.51. The Balaban J connectivity index is 1.32. The van der Waals surface area contributed by atoms with E-state index in [4.69, 9.17) is 4.74 Å². The summed E-state index contributed by atoms with van der Waals surface area (Å²) in [4.78, 5) is 15.5. The number of hydrogen-bond donors (Lipinski definition) is 3. The quantitative estimate of drug-likeness (QED) is 0.316. The van der Waals surface area contributed by atoms with Crippen LogP contribution < -0.4 is 15.5 Å². The molecule has 0 aliphatic carbocycles. The summed E-state index contributed by atoms with van der Waals surface area (Å²) in [5, 5.41) is 8.48. The molecule has 0 bridgehead atoms. The van der Waals surface area contributed by atoms with Crippen LogP contribution in [-0.2, 0) is 6.54 Å². The van der Waals surface area contributed by atoms with Crippen molar-refractivity contribution >= 4 is 28.7 Å². The summed E-state index contributed by atoms with van der Waals surface area (Å²) in [7, 11) is 1.65. The number of amides is 1. The number of nitrogens with one attached hydrogen (secondary N) is 3. The number of carbonyl (C=O) groups is 1. The normalized spacial score (nSPS) is 11.0. The van der Waals surface area contributed by atoms with E-state index < -0.39 is 0 Å². The SMILES string of the molecule is COc1ccc(CNc2ccc(C(=O)N/N=C\c3c[nH]c4ccccc34)cc2)cc1. The van der Waals surface area contributed by atoms with Crippen LogP contribution in [0.5, 0.6) is 5.75 Å². The monoisotopic (exact) mass is 398 g/mol. The van der Waals surface area contributed by atoms with Gasteiger partial charge in [-0.15, -0.1) is 0 Å². The maximum Gasteiger partial charge on any atom is 0.271 e. The van der Waals surface area contributed by atoms with Crippen LogP contribution in [-0.4, -0.2) is 24.2 Å². The fraction of sp³-hybridized carbons (Fsp3) is 0.0833. The number of aromatic amines is 1. The van der Waals surface area contributed by atoms with Gasteiger partial charge in [0.05, 0.1) is 13.3 Å². The third-order valence-electron chi connectivity index (χ3n) is 4.79. The highest BCUT2D eigenvalue weighted by atomic mass is 16.5. The molecule has 30 heavy (non-hydrogen) atoms. The highest BCUT2D eigenvalue weighted by Gasteiger charge is 2.05. The van der Waals surface area contributed by atoms with Crippen LogP contribution in [0.1, 0.15) is 21.5 Å². The summed E-state index contributed by atoms with van der Waals surface area (Å²) in [5.74, 6) is 0.578. The first-order valence-corrected chi connectivity index (χ1v) is 9.59. The van der Waals surface area contributed by atoms with E-state index >= 15 is 0 Å². The molecule has 0 aliphatic heterocycles. The number of nitrogens with zero attached hydrogens (tertiary/aromatic N) is 1. The molecular formula is C24H22N4O2. The average Bonchev–Trinajstić information content (AvgIpc) is 3.21. The number of rotatable bonds is 7. The first-order valence-electron chi connectivity index (χ1n) is 9.59. The molecule has 1 amide bonds. The molecule has 150 valence electrons. The molecular weight excluding hydrogens is 376 g/mol. The second kappa shape index (κ2) is 8.96. The van der Waals surface area contributed by atoms with Crippen molar-refractivity contribution < 1.29 is 9.53 Å². The third-order valence-corrected chi connectivity index (χ3v) is 4.79. The van der Waals surface area contributed by atoms with Crippen molar-refractivity contribution in [2.24, 2.45) is 5.10 Å². The van der Waals surface area contributed by atoms with Crippen LogP contribution >= 0.6 is 0 Å². The zero-order valence-electron chi connectivity index (χ0n) is 16.6. The molecule has 1 aromatic heterocycles. The van der Waals surface area contributed by atoms with Gasteiger partial charge in [-0.25, -0.2) is 5.43 Å². The van der Waals surface area contributed by atoms with Crippen molar-refractivity contribution in [1.82, 2.24) is 10.4 Å². The number of methoxy groups -OCH3 is 1. The molecule has 0 fully saturated rings. The van der Waals surface area contributed by atoms with Gasteiger partial charge in [-0.05, 0) is 48.0 Å². The highest BCUT2D eigenvalue weighted by molar-refractivity contribution is 6.00. The Morgan fingerprint density at radius 1 is 1.03 bits per heavy atom. The number of hydrazone groups is 1. The summed E-state index contributed by atoms with van der Waals surface area (Å²) < 4.78 is 5.17. The van der Waals surface area contributed by atoms with Gasteiger partial charge in [0.1, 0.15) is 5.75 Å². The van der Waals surface area contributed by atoms with Crippen LogP contribution in [0.3, 0.4) is 0 Å². The number of para-hydroxylation sites is 1. The van der Waals surface area contributed by atoms with Gasteiger partial charge >= 0.3 is 0 Å². The predicted molar refractivity (Wildman–Crippen MR) is 120 cm³/mol. The van der Waals surface area contributed by atoms with E-state index in [0.29, 0.717) is 12.1 Å². The molecule has 0 aliphatic rings. The molecule has 3 aromatic carbocycles. The Kier molecular flexibility index (Phi) is 5.75. The van der Waals surface area contributed by atoms with Crippen molar-refractivity contribution in [3.05, 3.63) is 95.7 Å². The second-order valence-corrected chi connectivity index (χ2v) is 6.77. The van der Waals surface area contributed by atoms with Gasteiger partial charge in [-0.2, -0.15) is 5.10 Å². The Bertz CT molecular complexity index is 1160. The fourth-order valence-electron chi connectivity index (χ4n) is 3.11. The predicted octanol–water partition coefficient (Wildman–Crippen LogP) is 4.55. The van der Waals surface area contributed by atoms with Crippen molar-refractivity contribution in [3.63, 3.8) is 0 Å². The third kappa shape index (κ3) is 4.50. The maximum absolute atomic E-state index is 12.3. The van der Waals surface area contributed by atoms with Gasteiger partial charge in [0.25, 0.3) is 5.91 Å². The van der Waals surface area contributed by atoms with Crippen molar-refractivity contribution in [2.45, 2.75) is 6.54 Å². The number of benzene rings is 3. The van der Waals surface area contributed by atoms with Gasteiger partial charge in [-0.3, -0.25) is 4.79 Å². The molecule has 0 saturated carbocycles. The van der Waals surface area contributed by atoms with Gasteiger partial charge < -0.3 is 15.0 Å². The largest absolute Gasteiger partial charge is 0.497 e. The van der Waals surface area contributed by atoms with Crippen LogP contribution in [0.4, 0.5) is 5.69 Å². The number of fused-ring (bicyclic) bond motifs is 1. The zero-order chi connectivity index (χ0) is 20.8. The lowest BCUT2D eigenvalue weighted by Gasteiger charge is -2.08. The molecule has 0 unspecified atom stereocenters. The molecule has 1 heterocycles. The van der Waals surface area contributed by atoms with E-state index in [-0.39, 0.29) is 5.91 Å². The molecule has 0 atom stereocenters. The number of H-pyrrole nitrogens is 1. The number of anilines is 1. The molecule has 3 N–H and O–H groups in total. The number of aromatic nitrogens is 1. The van der Waals surface area contributed by atoms with Crippen LogP contribution in [0.15, 0.2) is 84.1 Å². The number of ether oxygens (including phenoxy) is 1. The molecule has 6 heteroatoms. The first kappa shape index (κ1) is 19.3. The Hall–Kier alpha value is -4.06. The van der Waals surface area contributed by atoms with Crippen molar-refractivity contribution in [1.29, 1.82) is 0 Å². The molecule has 4 rings (SSSR count). The minimum Gasteiger partial charge on any atom is -0.497 e. The Labute approximate surface area is 174 Å². The molecule has 0 radical (unpaired) electrons. The van der Waals surface area contributed by atoms with Crippen LogP contribution in [0, 0.1) is 0 Å². The molecule has 0 spiro atoms. The number of hydrogen-bond acceptors (Lipinski definition) is 4. The topological polar surface area (TPSA) is 78.5 Å². The van der Waals surface area contributed by atoms with E-state index in [9.17, 15) is 4.79 Å². The number of carbonyl (C=O) groups excluding carboxylic acids is 1. The van der Waals surface area contributed by atoms with E-state index in [1.807, 2.05) is 66.9 Å². The molecule has 6 nitrogen and oxygen atoms in total. The minimum atomic E-state index is -0.257. The highest BCUT2D eigenvalue weighted by Crippen LogP contribution is 2.16. The first-order chi connectivity index (χ1) is 14.7. The van der Waals surface area contributed by atoms with E-state index in [1.54, 1.807) is 25.5 Å². The lowest BCUT2D eigenvalue weighted by atomic mass is 10.2. The van der Waals surface area contributed by atoms with Crippen LogP contribution in [0.2, 0.25) is 0 Å². The van der Waals surface area contributed by atoms with E-state index in [1.165, 1.54) is 0 Å². The van der Waals surface area contributed by atoms with Gasteiger partial charge in [0, 0.05) is 40.5 Å². The maximum atomic E-state index is 12.3. The van der Waals surface area contributed by atoms with Gasteiger partial charge in [0.2, 0.25) is 0 Å². The molecule has 4 aromatic rings. The minimum absolute atomic E-state index is 0.257.